The quantitative estimate of drug-likeness (QED) is 0.406. The molecular formula is C8H14O4. The SMILES string of the molecule is C=C(O)C1CC(O)C(O)C(O)C1. The Bertz CT molecular complexity index is 168. The highest BCUT2D eigenvalue weighted by molar-refractivity contribution is 4.97. The third-order valence-corrected chi connectivity index (χ3v) is 2.31. The summed E-state index contributed by atoms with van der Waals surface area (Å²) in [5, 5.41) is 36.5. The Morgan fingerprint density at radius 2 is 1.50 bits per heavy atom. The van der Waals surface area contributed by atoms with Gasteiger partial charge in [0.2, 0.25) is 0 Å². The van der Waals surface area contributed by atoms with Crippen LogP contribution in [-0.4, -0.2) is 38.7 Å². The highest BCUT2D eigenvalue weighted by Crippen LogP contribution is 2.28. The molecule has 0 bridgehead atoms. The number of hydrogen-bond acceptors (Lipinski definition) is 4. The van der Waals surface area contributed by atoms with E-state index in [0.717, 1.165) is 0 Å². The van der Waals surface area contributed by atoms with E-state index in [2.05, 4.69) is 6.58 Å². The summed E-state index contributed by atoms with van der Waals surface area (Å²) in [6.45, 7) is 3.32. The van der Waals surface area contributed by atoms with Crippen molar-refractivity contribution in [3.8, 4) is 0 Å². The van der Waals surface area contributed by atoms with Crippen LogP contribution in [0.3, 0.4) is 0 Å². The summed E-state index contributed by atoms with van der Waals surface area (Å²) in [6, 6.07) is 0. The van der Waals surface area contributed by atoms with Gasteiger partial charge in [-0.2, -0.15) is 0 Å². The van der Waals surface area contributed by atoms with Crippen molar-refractivity contribution in [1.82, 2.24) is 0 Å². The number of aliphatic hydroxyl groups excluding tert-OH is 4. The van der Waals surface area contributed by atoms with Crippen molar-refractivity contribution in [2.75, 3.05) is 0 Å². The van der Waals surface area contributed by atoms with Crippen LogP contribution in [0.1, 0.15) is 12.8 Å². The molecule has 1 aliphatic rings. The zero-order valence-corrected chi connectivity index (χ0v) is 6.72. The van der Waals surface area contributed by atoms with E-state index in [9.17, 15) is 10.2 Å². The van der Waals surface area contributed by atoms with E-state index in [1.54, 1.807) is 0 Å². The smallest absolute Gasteiger partial charge is 0.106 e. The second-order valence-electron chi connectivity index (χ2n) is 3.28. The Hall–Kier alpha value is -0.580. The van der Waals surface area contributed by atoms with Gasteiger partial charge >= 0.3 is 0 Å². The van der Waals surface area contributed by atoms with Crippen LogP contribution in [-0.2, 0) is 0 Å². The molecule has 4 nitrogen and oxygen atoms in total. The maximum Gasteiger partial charge on any atom is 0.106 e. The number of aliphatic hydroxyl groups is 4. The summed E-state index contributed by atoms with van der Waals surface area (Å²) in [5.41, 5.74) is 0. The molecule has 4 N–H and O–H groups in total. The van der Waals surface area contributed by atoms with Gasteiger partial charge < -0.3 is 20.4 Å². The van der Waals surface area contributed by atoms with Gasteiger partial charge in [0.05, 0.1) is 18.0 Å². The molecule has 0 heterocycles. The molecule has 2 unspecified atom stereocenters. The largest absolute Gasteiger partial charge is 0.513 e. The van der Waals surface area contributed by atoms with E-state index in [1.165, 1.54) is 0 Å². The predicted molar refractivity (Wildman–Crippen MR) is 42.5 cm³/mol. The summed E-state index contributed by atoms with van der Waals surface area (Å²) in [5.74, 6) is -0.349. The molecule has 1 rings (SSSR count). The zero-order chi connectivity index (χ0) is 9.30. The van der Waals surface area contributed by atoms with Crippen LogP contribution in [0.25, 0.3) is 0 Å². The molecule has 4 heteroatoms. The first-order chi connectivity index (χ1) is 5.52. The first-order valence-corrected chi connectivity index (χ1v) is 3.94. The van der Waals surface area contributed by atoms with E-state index in [1.807, 2.05) is 0 Å². The van der Waals surface area contributed by atoms with E-state index in [0.29, 0.717) is 0 Å². The normalized spacial score (nSPS) is 42.6. The van der Waals surface area contributed by atoms with E-state index in [4.69, 9.17) is 10.2 Å². The minimum absolute atomic E-state index is 0.0417. The average Bonchev–Trinajstić information content (AvgIpc) is 1.99. The third kappa shape index (κ3) is 1.77. The molecule has 1 fully saturated rings. The van der Waals surface area contributed by atoms with Crippen LogP contribution in [0.5, 0.6) is 0 Å². The molecular weight excluding hydrogens is 160 g/mol. The predicted octanol–water partition coefficient (Wildman–Crippen LogP) is -0.449. The maximum absolute atomic E-state index is 9.21. The van der Waals surface area contributed by atoms with Crippen molar-refractivity contribution < 1.29 is 20.4 Å². The summed E-state index contributed by atoms with van der Waals surface area (Å²) >= 11 is 0. The van der Waals surface area contributed by atoms with Gasteiger partial charge in [0, 0.05) is 5.92 Å². The van der Waals surface area contributed by atoms with Gasteiger partial charge in [-0.25, -0.2) is 0 Å². The molecule has 0 saturated heterocycles. The molecule has 1 saturated carbocycles. The topological polar surface area (TPSA) is 80.9 Å². The summed E-state index contributed by atoms with van der Waals surface area (Å²) in [4.78, 5) is 0. The van der Waals surface area contributed by atoms with Crippen LogP contribution < -0.4 is 0 Å². The van der Waals surface area contributed by atoms with Crippen molar-refractivity contribution in [3.05, 3.63) is 12.3 Å². The Morgan fingerprint density at radius 1 is 1.08 bits per heavy atom. The Morgan fingerprint density at radius 3 is 1.83 bits per heavy atom. The van der Waals surface area contributed by atoms with Gasteiger partial charge in [0.15, 0.2) is 0 Å². The lowest BCUT2D eigenvalue weighted by Crippen LogP contribution is -2.44. The highest BCUT2D eigenvalue weighted by Gasteiger charge is 2.35. The average molecular weight is 174 g/mol. The molecule has 0 aromatic carbocycles. The fourth-order valence-corrected chi connectivity index (χ4v) is 1.49. The fraction of sp³-hybridized carbons (Fsp3) is 0.750. The number of rotatable bonds is 1. The van der Waals surface area contributed by atoms with Gasteiger partial charge in [0.1, 0.15) is 6.10 Å². The second-order valence-corrected chi connectivity index (χ2v) is 3.28. The van der Waals surface area contributed by atoms with Crippen LogP contribution in [0.2, 0.25) is 0 Å². The molecule has 1 aliphatic carbocycles. The first-order valence-electron chi connectivity index (χ1n) is 3.94. The summed E-state index contributed by atoms with van der Waals surface area (Å²) in [6.07, 6.45) is -2.52. The lowest BCUT2D eigenvalue weighted by Gasteiger charge is -2.33. The maximum atomic E-state index is 9.21. The van der Waals surface area contributed by atoms with Crippen LogP contribution in [0.4, 0.5) is 0 Å². The van der Waals surface area contributed by atoms with Crippen molar-refractivity contribution >= 4 is 0 Å². The molecule has 0 spiro atoms. The minimum atomic E-state index is -1.10. The van der Waals surface area contributed by atoms with E-state index < -0.39 is 18.3 Å². The zero-order valence-electron chi connectivity index (χ0n) is 6.72. The molecule has 70 valence electrons. The second kappa shape index (κ2) is 3.43. The standard InChI is InChI=1S/C8H14O4/c1-4(9)5-2-6(10)8(12)7(11)3-5/h5-12H,1-3H2. The van der Waals surface area contributed by atoms with Crippen LogP contribution >= 0.6 is 0 Å². The molecule has 0 radical (unpaired) electrons. The molecule has 0 aromatic heterocycles. The Kier molecular flexibility index (Phi) is 2.72. The van der Waals surface area contributed by atoms with Gasteiger partial charge in [-0.15, -0.1) is 0 Å². The van der Waals surface area contributed by atoms with Gasteiger partial charge in [-0.05, 0) is 12.8 Å². The van der Waals surface area contributed by atoms with Gasteiger partial charge in [0.25, 0.3) is 0 Å². The van der Waals surface area contributed by atoms with Gasteiger partial charge in [-0.1, -0.05) is 6.58 Å². The summed E-state index contributed by atoms with van der Waals surface area (Å²) in [7, 11) is 0. The third-order valence-electron chi connectivity index (χ3n) is 2.31. The first kappa shape index (κ1) is 9.51. The van der Waals surface area contributed by atoms with Crippen LogP contribution in [0, 0.1) is 5.92 Å². The minimum Gasteiger partial charge on any atom is -0.513 e. The lowest BCUT2D eigenvalue weighted by atomic mass is 9.82. The summed E-state index contributed by atoms with van der Waals surface area (Å²) < 4.78 is 0. The highest BCUT2D eigenvalue weighted by atomic mass is 16.4. The van der Waals surface area contributed by atoms with Crippen molar-refractivity contribution in [2.24, 2.45) is 5.92 Å². The molecule has 12 heavy (non-hydrogen) atoms. The number of allylic oxidation sites excluding steroid dienone is 1. The van der Waals surface area contributed by atoms with Crippen molar-refractivity contribution in [2.45, 2.75) is 31.2 Å². The fourth-order valence-electron chi connectivity index (χ4n) is 1.49. The van der Waals surface area contributed by atoms with Crippen molar-refractivity contribution in [3.63, 3.8) is 0 Å². The Labute approximate surface area is 70.8 Å². The van der Waals surface area contributed by atoms with Gasteiger partial charge in [-0.3, -0.25) is 0 Å². The molecule has 0 aromatic rings. The Balaban J connectivity index is 2.59. The number of hydrogen-bond donors (Lipinski definition) is 4. The molecule has 0 amide bonds. The van der Waals surface area contributed by atoms with Crippen LogP contribution in [0.15, 0.2) is 12.3 Å². The van der Waals surface area contributed by atoms with Crippen molar-refractivity contribution in [1.29, 1.82) is 0 Å². The van der Waals surface area contributed by atoms with E-state index >= 15 is 0 Å². The monoisotopic (exact) mass is 174 g/mol. The molecule has 0 aliphatic heterocycles. The van der Waals surface area contributed by atoms with E-state index in [-0.39, 0.29) is 24.5 Å². The lowest BCUT2D eigenvalue weighted by molar-refractivity contribution is -0.0987. The molecule has 2 atom stereocenters.